The fraction of sp³-hybridized carbons (Fsp3) is 0.538. The van der Waals surface area contributed by atoms with Crippen LogP contribution in [-0.2, 0) is 10.0 Å². The van der Waals surface area contributed by atoms with E-state index in [0.29, 0.717) is 12.2 Å². The van der Waals surface area contributed by atoms with Gasteiger partial charge < -0.3 is 14.6 Å². The van der Waals surface area contributed by atoms with E-state index < -0.39 is 15.6 Å². The summed E-state index contributed by atoms with van der Waals surface area (Å²) in [5, 5.41) is 9.88. The maximum atomic E-state index is 12.3. The summed E-state index contributed by atoms with van der Waals surface area (Å²) in [5.41, 5.74) is -1.10. The predicted octanol–water partition coefficient (Wildman–Crippen LogP) is 1.14. The lowest BCUT2D eigenvalue weighted by Crippen LogP contribution is -2.40. The number of hydrogen-bond donors (Lipinski definition) is 2. The Kier molecular flexibility index (Phi) is 5.38. The molecule has 0 saturated heterocycles. The molecule has 0 aliphatic heterocycles. The minimum Gasteiger partial charge on any atom is -0.497 e. The third-order valence-corrected chi connectivity index (χ3v) is 4.49. The second kappa shape index (κ2) is 6.43. The molecule has 6 nitrogen and oxygen atoms in total. The van der Waals surface area contributed by atoms with Crippen molar-refractivity contribution in [2.75, 3.05) is 20.8 Å². The van der Waals surface area contributed by atoms with Crippen LogP contribution in [0.15, 0.2) is 23.1 Å². The molecule has 1 atom stereocenters. The number of benzene rings is 1. The van der Waals surface area contributed by atoms with E-state index in [1.807, 2.05) is 0 Å². The van der Waals surface area contributed by atoms with Gasteiger partial charge in [0.05, 0.1) is 19.8 Å². The second-order valence-electron chi connectivity index (χ2n) is 4.69. The van der Waals surface area contributed by atoms with Gasteiger partial charge in [-0.25, -0.2) is 13.1 Å². The van der Waals surface area contributed by atoms with Gasteiger partial charge in [-0.1, -0.05) is 6.92 Å². The highest BCUT2D eigenvalue weighted by atomic mass is 32.2. The van der Waals surface area contributed by atoms with Crippen LogP contribution >= 0.6 is 0 Å². The van der Waals surface area contributed by atoms with Crippen LogP contribution in [0.25, 0.3) is 0 Å². The van der Waals surface area contributed by atoms with Crippen LogP contribution in [0.3, 0.4) is 0 Å². The van der Waals surface area contributed by atoms with Crippen molar-refractivity contribution in [2.24, 2.45) is 0 Å². The van der Waals surface area contributed by atoms with E-state index in [-0.39, 0.29) is 17.2 Å². The van der Waals surface area contributed by atoms with Gasteiger partial charge >= 0.3 is 0 Å². The van der Waals surface area contributed by atoms with Crippen molar-refractivity contribution in [2.45, 2.75) is 30.8 Å². The maximum absolute atomic E-state index is 12.3. The topological polar surface area (TPSA) is 84.9 Å². The summed E-state index contributed by atoms with van der Waals surface area (Å²) in [6, 6.07) is 4.51. The average Bonchev–Trinajstić information content (AvgIpc) is 2.44. The lowest BCUT2D eigenvalue weighted by atomic mass is 10.1. The molecular formula is C13H21NO5S. The standard InChI is InChI=1S/C13H21NO5S/c1-5-13(2,15)9-14-20(16,17)12-8-10(18-3)6-7-11(12)19-4/h6-8,14-15H,5,9H2,1-4H3. The summed E-state index contributed by atoms with van der Waals surface area (Å²) < 4.78 is 37.0. The van der Waals surface area contributed by atoms with E-state index in [4.69, 9.17) is 9.47 Å². The minimum absolute atomic E-state index is 0.0220. The SMILES string of the molecule is CCC(C)(O)CNS(=O)(=O)c1cc(OC)ccc1OC. The lowest BCUT2D eigenvalue weighted by Gasteiger charge is -2.22. The lowest BCUT2D eigenvalue weighted by molar-refractivity contribution is 0.0613. The van der Waals surface area contributed by atoms with Crippen LogP contribution in [0.4, 0.5) is 0 Å². The van der Waals surface area contributed by atoms with Gasteiger partial charge in [0.25, 0.3) is 0 Å². The first-order valence-electron chi connectivity index (χ1n) is 6.20. The Bertz CT molecular complexity index is 554. The largest absolute Gasteiger partial charge is 0.497 e. The summed E-state index contributed by atoms with van der Waals surface area (Å²) in [6.07, 6.45) is 0.435. The molecule has 0 amide bonds. The Morgan fingerprint density at radius 1 is 1.30 bits per heavy atom. The van der Waals surface area contributed by atoms with Crippen molar-refractivity contribution in [1.29, 1.82) is 0 Å². The molecule has 0 aliphatic rings. The maximum Gasteiger partial charge on any atom is 0.244 e. The second-order valence-corrected chi connectivity index (χ2v) is 6.43. The van der Waals surface area contributed by atoms with Gasteiger partial charge in [0.2, 0.25) is 10.0 Å². The molecule has 0 radical (unpaired) electrons. The van der Waals surface area contributed by atoms with Crippen LogP contribution < -0.4 is 14.2 Å². The molecule has 0 heterocycles. The molecule has 1 aromatic carbocycles. The van der Waals surface area contributed by atoms with E-state index in [1.54, 1.807) is 19.9 Å². The van der Waals surface area contributed by atoms with Crippen molar-refractivity contribution < 1.29 is 23.0 Å². The zero-order valence-corrected chi connectivity index (χ0v) is 13.0. The first-order valence-corrected chi connectivity index (χ1v) is 7.68. The molecule has 1 unspecified atom stereocenters. The molecule has 1 rings (SSSR count). The number of methoxy groups -OCH3 is 2. The molecule has 114 valence electrons. The molecule has 2 N–H and O–H groups in total. The van der Waals surface area contributed by atoms with Gasteiger partial charge in [0, 0.05) is 12.6 Å². The number of hydrogen-bond acceptors (Lipinski definition) is 5. The average molecular weight is 303 g/mol. The summed E-state index contributed by atoms with van der Waals surface area (Å²) in [4.78, 5) is -0.0220. The molecular weight excluding hydrogens is 282 g/mol. The van der Waals surface area contributed by atoms with Crippen molar-refractivity contribution in [3.8, 4) is 11.5 Å². The first-order chi connectivity index (χ1) is 9.25. The van der Waals surface area contributed by atoms with Gasteiger partial charge in [-0.15, -0.1) is 0 Å². The van der Waals surface area contributed by atoms with Crippen LogP contribution in [0, 0.1) is 0 Å². The molecule has 0 saturated carbocycles. The van der Waals surface area contributed by atoms with Gasteiger partial charge in [-0.05, 0) is 25.5 Å². The predicted molar refractivity (Wildman–Crippen MR) is 75.6 cm³/mol. The third kappa shape index (κ3) is 4.09. The van der Waals surface area contributed by atoms with Crippen molar-refractivity contribution in [3.63, 3.8) is 0 Å². The molecule has 20 heavy (non-hydrogen) atoms. The van der Waals surface area contributed by atoms with Crippen molar-refractivity contribution in [1.82, 2.24) is 4.72 Å². The molecule has 1 aromatic rings. The highest BCUT2D eigenvalue weighted by Gasteiger charge is 2.25. The van der Waals surface area contributed by atoms with E-state index in [9.17, 15) is 13.5 Å². The number of sulfonamides is 1. The third-order valence-electron chi connectivity index (χ3n) is 3.06. The number of aliphatic hydroxyl groups is 1. The van der Waals surface area contributed by atoms with Crippen LogP contribution in [0.5, 0.6) is 11.5 Å². The normalized spacial score (nSPS) is 14.7. The number of ether oxygens (including phenoxy) is 2. The molecule has 7 heteroatoms. The van der Waals surface area contributed by atoms with E-state index in [0.717, 1.165) is 0 Å². The smallest absolute Gasteiger partial charge is 0.244 e. The van der Waals surface area contributed by atoms with Crippen molar-refractivity contribution >= 4 is 10.0 Å². The molecule has 0 aliphatic carbocycles. The molecule has 0 fully saturated rings. The summed E-state index contributed by atoms with van der Waals surface area (Å²) in [5.74, 6) is 0.628. The quantitative estimate of drug-likeness (QED) is 0.789. The Morgan fingerprint density at radius 2 is 1.95 bits per heavy atom. The Morgan fingerprint density at radius 3 is 2.45 bits per heavy atom. The molecule has 0 bridgehead atoms. The Balaban J connectivity index is 3.08. The first kappa shape index (κ1) is 16.7. The number of nitrogens with one attached hydrogen (secondary N) is 1. The molecule has 0 aromatic heterocycles. The highest BCUT2D eigenvalue weighted by Crippen LogP contribution is 2.28. The zero-order chi connectivity index (χ0) is 15.4. The minimum atomic E-state index is -3.79. The summed E-state index contributed by atoms with van der Waals surface area (Å²) >= 11 is 0. The Labute approximate surface area is 119 Å². The van der Waals surface area contributed by atoms with E-state index in [2.05, 4.69) is 4.72 Å². The Hall–Kier alpha value is -1.31. The van der Waals surface area contributed by atoms with Crippen LogP contribution in [-0.4, -0.2) is 39.9 Å². The van der Waals surface area contributed by atoms with Crippen LogP contribution in [0.2, 0.25) is 0 Å². The summed E-state index contributed by atoms with van der Waals surface area (Å²) in [7, 11) is -0.950. The summed E-state index contributed by atoms with van der Waals surface area (Å²) in [6.45, 7) is 3.27. The highest BCUT2D eigenvalue weighted by molar-refractivity contribution is 7.89. The van der Waals surface area contributed by atoms with Gasteiger partial charge in [-0.3, -0.25) is 0 Å². The van der Waals surface area contributed by atoms with Crippen LogP contribution in [0.1, 0.15) is 20.3 Å². The van der Waals surface area contributed by atoms with Gasteiger partial charge in [0.15, 0.2) is 0 Å². The fourth-order valence-corrected chi connectivity index (χ4v) is 2.79. The van der Waals surface area contributed by atoms with Gasteiger partial charge in [-0.2, -0.15) is 0 Å². The van der Waals surface area contributed by atoms with Crippen molar-refractivity contribution in [3.05, 3.63) is 18.2 Å². The zero-order valence-electron chi connectivity index (χ0n) is 12.1. The van der Waals surface area contributed by atoms with Gasteiger partial charge in [0.1, 0.15) is 16.4 Å². The fourth-order valence-electron chi connectivity index (χ4n) is 1.45. The number of rotatable bonds is 7. The van der Waals surface area contributed by atoms with E-state index >= 15 is 0 Å². The van der Waals surface area contributed by atoms with E-state index in [1.165, 1.54) is 26.4 Å². The molecule has 0 spiro atoms. The monoisotopic (exact) mass is 303 g/mol.